The lowest BCUT2D eigenvalue weighted by Gasteiger charge is -2.03. The van der Waals surface area contributed by atoms with Crippen LogP contribution < -0.4 is 11.2 Å². The third-order valence-electron chi connectivity index (χ3n) is 5.39. The molecule has 21 heavy (non-hydrogen) atoms. The maximum atomic E-state index is 12.0. The maximum Gasteiger partial charge on any atom is 0.330 e. The van der Waals surface area contributed by atoms with Gasteiger partial charge in [-0.05, 0) is 17.3 Å². The van der Waals surface area contributed by atoms with E-state index in [-0.39, 0.29) is 22.4 Å². The Hall–Kier alpha value is -1.85. The van der Waals surface area contributed by atoms with Crippen LogP contribution in [0.1, 0.15) is 52.8 Å². The van der Waals surface area contributed by atoms with E-state index in [1.54, 1.807) is 4.57 Å². The van der Waals surface area contributed by atoms with Gasteiger partial charge in [0, 0.05) is 12.5 Å². The minimum atomic E-state index is -0.391. The molecule has 114 valence electrons. The van der Waals surface area contributed by atoms with Crippen molar-refractivity contribution in [3.63, 3.8) is 0 Å². The van der Waals surface area contributed by atoms with Gasteiger partial charge in [-0.25, -0.2) is 9.78 Å². The molecule has 1 aliphatic rings. The molecule has 0 unspecified atom stereocenters. The van der Waals surface area contributed by atoms with E-state index in [4.69, 9.17) is 0 Å². The summed E-state index contributed by atoms with van der Waals surface area (Å²) in [6, 6.07) is 0. The van der Waals surface area contributed by atoms with Gasteiger partial charge in [0.05, 0.1) is 0 Å². The zero-order chi connectivity index (χ0) is 15.6. The topological polar surface area (TPSA) is 83.5 Å². The second-order valence-corrected chi connectivity index (χ2v) is 7.11. The van der Waals surface area contributed by atoms with Crippen LogP contribution in [0.2, 0.25) is 0 Å². The maximum absolute atomic E-state index is 12.0. The highest BCUT2D eigenvalue weighted by molar-refractivity contribution is 5.70. The highest BCUT2D eigenvalue weighted by Gasteiger charge is 2.66. The molecule has 1 saturated carbocycles. The number of aryl methyl sites for hydroxylation is 1. The number of fused-ring (bicyclic) bond motifs is 1. The molecule has 6 nitrogen and oxygen atoms in total. The Bertz CT molecular complexity index is 808. The van der Waals surface area contributed by atoms with Crippen LogP contribution in [0.4, 0.5) is 0 Å². The van der Waals surface area contributed by atoms with Crippen molar-refractivity contribution in [1.82, 2.24) is 19.5 Å². The molecule has 0 atom stereocenters. The Morgan fingerprint density at radius 2 is 1.76 bits per heavy atom. The number of aromatic nitrogens is 4. The summed E-state index contributed by atoms with van der Waals surface area (Å²) in [6.45, 7) is 11.3. The fourth-order valence-corrected chi connectivity index (χ4v) is 3.51. The molecular formula is C15H22N4O2. The minimum Gasteiger partial charge on any atom is -0.336 e. The van der Waals surface area contributed by atoms with E-state index in [9.17, 15) is 9.59 Å². The molecule has 0 spiro atoms. The molecule has 0 bridgehead atoms. The highest BCUT2D eigenvalue weighted by atomic mass is 16.2. The molecule has 1 fully saturated rings. The lowest BCUT2D eigenvalue weighted by Crippen LogP contribution is -2.30. The van der Waals surface area contributed by atoms with Crippen molar-refractivity contribution in [3.05, 3.63) is 26.7 Å². The van der Waals surface area contributed by atoms with Crippen LogP contribution in [0.5, 0.6) is 0 Å². The van der Waals surface area contributed by atoms with Gasteiger partial charge in [0.2, 0.25) is 0 Å². The number of rotatable bonds is 3. The second-order valence-electron chi connectivity index (χ2n) is 7.11. The van der Waals surface area contributed by atoms with Gasteiger partial charge in [-0.15, -0.1) is 0 Å². The van der Waals surface area contributed by atoms with Crippen LogP contribution in [-0.4, -0.2) is 19.5 Å². The van der Waals surface area contributed by atoms with Crippen molar-refractivity contribution in [3.8, 4) is 0 Å². The Labute approximate surface area is 122 Å². The summed E-state index contributed by atoms with van der Waals surface area (Å²) in [6.07, 6.45) is 0.809. The number of hydrogen-bond donors (Lipinski definition) is 2. The first-order valence-corrected chi connectivity index (χ1v) is 7.44. The molecule has 0 aromatic carbocycles. The molecule has 1 aliphatic carbocycles. The fourth-order valence-electron chi connectivity index (χ4n) is 3.51. The molecule has 0 aliphatic heterocycles. The van der Waals surface area contributed by atoms with Gasteiger partial charge in [0.25, 0.3) is 5.56 Å². The molecular weight excluding hydrogens is 268 g/mol. The molecule has 2 heterocycles. The van der Waals surface area contributed by atoms with E-state index < -0.39 is 5.56 Å². The van der Waals surface area contributed by atoms with Crippen LogP contribution in [0.15, 0.2) is 9.59 Å². The zero-order valence-corrected chi connectivity index (χ0v) is 13.2. The standard InChI is InChI=1S/C15H22N4O2/c1-6-7-19-11-8(12(20)18-13(19)21)16-10(17-11)9-14(2,3)15(9,4)5/h9H,6-7H2,1-5H3,(H,16,17)(H,18,20,21). The first-order valence-electron chi connectivity index (χ1n) is 7.44. The predicted molar refractivity (Wildman–Crippen MR) is 81.6 cm³/mol. The van der Waals surface area contributed by atoms with Crippen LogP contribution in [0.3, 0.4) is 0 Å². The van der Waals surface area contributed by atoms with Crippen molar-refractivity contribution >= 4 is 11.2 Å². The molecule has 0 radical (unpaired) electrons. The number of hydrogen-bond acceptors (Lipinski definition) is 3. The van der Waals surface area contributed by atoms with Crippen molar-refractivity contribution in [2.45, 2.75) is 53.5 Å². The molecule has 0 saturated heterocycles. The average Bonchev–Trinajstić information content (AvgIpc) is 2.72. The summed E-state index contributed by atoms with van der Waals surface area (Å²) in [5.74, 6) is 1.07. The summed E-state index contributed by atoms with van der Waals surface area (Å²) in [7, 11) is 0. The number of H-pyrrole nitrogens is 2. The summed E-state index contributed by atoms with van der Waals surface area (Å²) in [5.41, 5.74) is 0.349. The second kappa shape index (κ2) is 4.08. The van der Waals surface area contributed by atoms with Gasteiger partial charge in [0.1, 0.15) is 11.3 Å². The van der Waals surface area contributed by atoms with Gasteiger partial charge in [-0.1, -0.05) is 34.6 Å². The molecule has 6 heteroatoms. The summed E-state index contributed by atoms with van der Waals surface area (Å²) >= 11 is 0. The predicted octanol–water partition coefficient (Wildman–Crippen LogP) is 1.97. The lowest BCUT2D eigenvalue weighted by atomic mass is 10.0. The largest absolute Gasteiger partial charge is 0.336 e. The highest BCUT2D eigenvalue weighted by Crippen LogP contribution is 2.73. The molecule has 2 aromatic rings. The summed E-state index contributed by atoms with van der Waals surface area (Å²) in [4.78, 5) is 34.0. The Morgan fingerprint density at radius 1 is 1.14 bits per heavy atom. The Balaban J connectivity index is 2.22. The fraction of sp³-hybridized carbons (Fsp3) is 0.667. The van der Waals surface area contributed by atoms with Gasteiger partial charge in [0.15, 0.2) is 5.65 Å². The Kier molecular flexibility index (Phi) is 2.74. The summed E-state index contributed by atoms with van der Waals surface area (Å²) < 4.78 is 1.54. The van der Waals surface area contributed by atoms with Gasteiger partial charge >= 0.3 is 5.69 Å². The third-order valence-corrected chi connectivity index (χ3v) is 5.39. The van der Waals surface area contributed by atoms with E-state index in [0.717, 1.165) is 12.2 Å². The first kappa shape index (κ1) is 14.1. The molecule has 3 rings (SSSR count). The quantitative estimate of drug-likeness (QED) is 0.906. The van der Waals surface area contributed by atoms with Crippen LogP contribution in [0.25, 0.3) is 11.2 Å². The van der Waals surface area contributed by atoms with Crippen molar-refractivity contribution in [1.29, 1.82) is 0 Å². The van der Waals surface area contributed by atoms with E-state index in [0.29, 0.717) is 17.7 Å². The summed E-state index contributed by atoms with van der Waals surface area (Å²) in [5, 5.41) is 0. The van der Waals surface area contributed by atoms with Crippen LogP contribution in [-0.2, 0) is 6.54 Å². The average molecular weight is 290 g/mol. The van der Waals surface area contributed by atoms with Crippen molar-refractivity contribution < 1.29 is 0 Å². The number of aromatic amines is 2. The number of nitrogens with one attached hydrogen (secondary N) is 2. The van der Waals surface area contributed by atoms with Crippen LogP contribution >= 0.6 is 0 Å². The van der Waals surface area contributed by atoms with Crippen molar-refractivity contribution in [2.24, 2.45) is 10.8 Å². The van der Waals surface area contributed by atoms with E-state index >= 15 is 0 Å². The molecule has 0 amide bonds. The minimum absolute atomic E-state index is 0.128. The van der Waals surface area contributed by atoms with Gasteiger partial charge in [-0.3, -0.25) is 14.3 Å². The van der Waals surface area contributed by atoms with Crippen LogP contribution in [0, 0.1) is 10.8 Å². The lowest BCUT2D eigenvalue weighted by molar-refractivity contribution is 0.457. The molecule has 2 aromatic heterocycles. The smallest absolute Gasteiger partial charge is 0.330 e. The number of imidazole rings is 1. The van der Waals surface area contributed by atoms with Gasteiger partial charge < -0.3 is 4.98 Å². The number of nitrogens with zero attached hydrogens (tertiary/aromatic N) is 2. The van der Waals surface area contributed by atoms with E-state index in [1.807, 2.05) is 6.92 Å². The normalized spacial score (nSPS) is 20.0. The van der Waals surface area contributed by atoms with Crippen molar-refractivity contribution in [2.75, 3.05) is 0 Å². The zero-order valence-electron chi connectivity index (χ0n) is 13.2. The Morgan fingerprint density at radius 3 is 2.29 bits per heavy atom. The molecule has 2 N–H and O–H groups in total. The van der Waals surface area contributed by atoms with E-state index in [1.165, 1.54) is 0 Å². The third kappa shape index (κ3) is 1.74. The SMILES string of the molecule is CCCn1c(=O)[nH]c(=O)c2[nH]c(C3C(C)(C)C3(C)C)nc21. The first-order chi connectivity index (χ1) is 9.71. The monoisotopic (exact) mass is 290 g/mol. The van der Waals surface area contributed by atoms with E-state index in [2.05, 4.69) is 42.6 Å². The van der Waals surface area contributed by atoms with Gasteiger partial charge in [-0.2, -0.15) is 0 Å².